The fourth-order valence-corrected chi connectivity index (χ4v) is 5.68. The maximum Gasteiger partial charge on any atom is 0.300 e. The van der Waals surface area contributed by atoms with Crippen LogP contribution in [-0.2, 0) is 10.0 Å². The van der Waals surface area contributed by atoms with Gasteiger partial charge in [0.25, 0.3) is 15.7 Å². The monoisotopic (exact) mass is 353 g/mol. The van der Waals surface area contributed by atoms with Crippen LogP contribution >= 0.6 is 22.9 Å². The SMILES string of the molecule is NCCC1CCN(S(=O)(=O)c2cc([N+](=O)[O-])c(Cl)s2)CC1. The second kappa shape index (κ2) is 6.57. The second-order valence-electron chi connectivity index (χ2n) is 4.91. The summed E-state index contributed by atoms with van der Waals surface area (Å²) in [5.74, 6) is 0.447. The lowest BCUT2D eigenvalue weighted by atomic mass is 9.95. The number of hydrogen-bond acceptors (Lipinski definition) is 6. The third-order valence-electron chi connectivity index (χ3n) is 3.59. The molecule has 0 unspecified atom stereocenters. The highest BCUT2D eigenvalue weighted by atomic mass is 35.5. The number of nitro groups is 1. The Hall–Kier alpha value is -0.740. The Labute approximate surface area is 131 Å². The van der Waals surface area contributed by atoms with Crippen molar-refractivity contribution in [3.63, 3.8) is 0 Å². The van der Waals surface area contributed by atoms with E-state index in [2.05, 4.69) is 0 Å². The normalized spacial score (nSPS) is 18.0. The van der Waals surface area contributed by atoms with Gasteiger partial charge in [0.15, 0.2) is 4.34 Å². The van der Waals surface area contributed by atoms with Gasteiger partial charge in [-0.15, -0.1) is 11.3 Å². The highest BCUT2D eigenvalue weighted by molar-refractivity contribution is 7.91. The molecular weight excluding hydrogens is 338 g/mol. The molecule has 0 atom stereocenters. The van der Waals surface area contributed by atoms with Gasteiger partial charge in [-0.3, -0.25) is 10.1 Å². The molecule has 1 aromatic rings. The molecule has 7 nitrogen and oxygen atoms in total. The molecular formula is C11H16ClN3O4S2. The van der Waals surface area contributed by atoms with Crippen LogP contribution < -0.4 is 5.73 Å². The zero-order valence-electron chi connectivity index (χ0n) is 11.2. The summed E-state index contributed by atoms with van der Waals surface area (Å²) in [7, 11) is -3.70. The topological polar surface area (TPSA) is 107 Å². The molecule has 1 fully saturated rings. The number of rotatable bonds is 5. The third-order valence-corrected chi connectivity index (χ3v) is 7.27. The van der Waals surface area contributed by atoms with Crippen molar-refractivity contribution in [2.75, 3.05) is 19.6 Å². The molecule has 2 rings (SSSR count). The molecule has 0 aliphatic carbocycles. The molecule has 1 saturated heterocycles. The van der Waals surface area contributed by atoms with Gasteiger partial charge in [0.1, 0.15) is 4.21 Å². The molecule has 0 bridgehead atoms. The average Bonchev–Trinajstić information content (AvgIpc) is 2.83. The minimum Gasteiger partial charge on any atom is -0.330 e. The Kier molecular flexibility index (Phi) is 5.20. The summed E-state index contributed by atoms with van der Waals surface area (Å²) in [6, 6.07) is 1.04. The van der Waals surface area contributed by atoms with Gasteiger partial charge < -0.3 is 5.73 Å². The van der Waals surface area contributed by atoms with Gasteiger partial charge in [0, 0.05) is 19.2 Å². The summed E-state index contributed by atoms with van der Waals surface area (Å²) in [5, 5.41) is 10.8. The van der Waals surface area contributed by atoms with Crippen molar-refractivity contribution >= 4 is 38.6 Å². The maximum absolute atomic E-state index is 12.5. The number of piperidine rings is 1. The van der Waals surface area contributed by atoms with Gasteiger partial charge in [-0.2, -0.15) is 4.31 Å². The van der Waals surface area contributed by atoms with Gasteiger partial charge in [0.05, 0.1) is 4.92 Å². The maximum atomic E-state index is 12.5. The van der Waals surface area contributed by atoms with Crippen molar-refractivity contribution < 1.29 is 13.3 Å². The molecule has 0 aromatic carbocycles. The van der Waals surface area contributed by atoms with E-state index in [1.54, 1.807) is 0 Å². The lowest BCUT2D eigenvalue weighted by molar-refractivity contribution is -0.384. The van der Waals surface area contributed by atoms with Crippen molar-refractivity contribution in [1.29, 1.82) is 0 Å². The highest BCUT2D eigenvalue weighted by Gasteiger charge is 2.33. The second-order valence-corrected chi connectivity index (χ2v) is 8.73. The van der Waals surface area contributed by atoms with Crippen LogP contribution in [0.1, 0.15) is 19.3 Å². The number of halogens is 1. The molecule has 1 aliphatic rings. The first-order valence-corrected chi connectivity index (χ1v) is 9.13. The summed E-state index contributed by atoms with van der Waals surface area (Å²) in [6.45, 7) is 1.43. The molecule has 118 valence electrons. The Morgan fingerprint density at radius 1 is 1.48 bits per heavy atom. The minimum absolute atomic E-state index is 0.0727. The van der Waals surface area contributed by atoms with Crippen LogP contribution in [0.15, 0.2) is 10.3 Å². The van der Waals surface area contributed by atoms with Gasteiger partial charge in [-0.25, -0.2) is 8.42 Å². The van der Waals surface area contributed by atoms with Crippen LogP contribution in [0.5, 0.6) is 0 Å². The van der Waals surface area contributed by atoms with Gasteiger partial charge in [0.2, 0.25) is 0 Å². The van der Waals surface area contributed by atoms with Crippen LogP contribution in [0.3, 0.4) is 0 Å². The van der Waals surface area contributed by atoms with E-state index in [0.717, 1.165) is 36.7 Å². The van der Waals surface area contributed by atoms with Crippen molar-refractivity contribution in [3.8, 4) is 0 Å². The molecule has 0 saturated carbocycles. The quantitative estimate of drug-likeness (QED) is 0.644. The lowest BCUT2D eigenvalue weighted by Gasteiger charge is -2.30. The van der Waals surface area contributed by atoms with E-state index in [-0.39, 0.29) is 14.2 Å². The Bertz CT molecular complexity index is 623. The number of nitrogens with two attached hydrogens (primary N) is 1. The number of sulfonamides is 1. The number of nitrogens with zero attached hydrogens (tertiary/aromatic N) is 2. The summed E-state index contributed by atoms with van der Waals surface area (Å²) in [5.41, 5.74) is 5.15. The zero-order valence-corrected chi connectivity index (χ0v) is 13.6. The predicted octanol–water partition coefficient (Wildman–Crippen LogP) is 2.06. The van der Waals surface area contributed by atoms with E-state index < -0.39 is 14.9 Å². The summed E-state index contributed by atoms with van der Waals surface area (Å²) in [4.78, 5) is 10.1. The first-order valence-electron chi connectivity index (χ1n) is 6.50. The van der Waals surface area contributed by atoms with E-state index in [1.807, 2.05) is 0 Å². The minimum atomic E-state index is -3.70. The van der Waals surface area contributed by atoms with Crippen LogP contribution in [0.2, 0.25) is 4.34 Å². The molecule has 2 heterocycles. The fraction of sp³-hybridized carbons (Fsp3) is 0.636. The van der Waals surface area contributed by atoms with Gasteiger partial charge in [-0.05, 0) is 31.7 Å². The fourth-order valence-electron chi connectivity index (χ4n) is 2.39. The van der Waals surface area contributed by atoms with Gasteiger partial charge in [-0.1, -0.05) is 11.6 Å². The highest BCUT2D eigenvalue weighted by Crippen LogP contribution is 2.38. The summed E-state index contributed by atoms with van der Waals surface area (Å²) >= 11 is 6.46. The van der Waals surface area contributed by atoms with E-state index in [9.17, 15) is 18.5 Å². The van der Waals surface area contributed by atoms with Crippen molar-refractivity contribution in [3.05, 3.63) is 20.5 Å². The third kappa shape index (κ3) is 3.54. The number of hydrogen-bond donors (Lipinski definition) is 1. The lowest BCUT2D eigenvalue weighted by Crippen LogP contribution is -2.38. The first-order chi connectivity index (χ1) is 9.86. The summed E-state index contributed by atoms with van der Waals surface area (Å²) < 4.78 is 26.1. The van der Waals surface area contributed by atoms with E-state index in [0.29, 0.717) is 25.6 Å². The van der Waals surface area contributed by atoms with Crippen LogP contribution in [0, 0.1) is 16.0 Å². The van der Waals surface area contributed by atoms with Crippen LogP contribution in [0.25, 0.3) is 0 Å². The molecule has 0 spiro atoms. The van der Waals surface area contributed by atoms with E-state index in [4.69, 9.17) is 17.3 Å². The largest absolute Gasteiger partial charge is 0.330 e. The van der Waals surface area contributed by atoms with Crippen LogP contribution in [-0.4, -0.2) is 37.3 Å². The first kappa shape index (κ1) is 16.6. The molecule has 21 heavy (non-hydrogen) atoms. The number of thiophene rings is 1. The molecule has 2 N–H and O–H groups in total. The average molecular weight is 354 g/mol. The molecule has 1 aliphatic heterocycles. The predicted molar refractivity (Wildman–Crippen MR) is 81.1 cm³/mol. The smallest absolute Gasteiger partial charge is 0.300 e. The zero-order chi connectivity index (χ0) is 15.6. The molecule has 0 radical (unpaired) electrons. The Balaban J connectivity index is 2.16. The Morgan fingerprint density at radius 3 is 2.57 bits per heavy atom. The Morgan fingerprint density at radius 2 is 2.10 bits per heavy atom. The van der Waals surface area contributed by atoms with Crippen molar-refractivity contribution in [2.24, 2.45) is 11.7 Å². The van der Waals surface area contributed by atoms with E-state index in [1.165, 1.54) is 4.31 Å². The molecule has 0 amide bonds. The molecule has 1 aromatic heterocycles. The van der Waals surface area contributed by atoms with E-state index >= 15 is 0 Å². The summed E-state index contributed by atoms with van der Waals surface area (Å²) in [6.07, 6.45) is 2.42. The van der Waals surface area contributed by atoms with Crippen molar-refractivity contribution in [1.82, 2.24) is 4.31 Å². The van der Waals surface area contributed by atoms with Crippen molar-refractivity contribution in [2.45, 2.75) is 23.5 Å². The van der Waals surface area contributed by atoms with Crippen LogP contribution in [0.4, 0.5) is 5.69 Å². The van der Waals surface area contributed by atoms with Gasteiger partial charge >= 0.3 is 0 Å². The standard InChI is InChI=1S/C11H16ClN3O4S2/c12-11-9(15(16)17)7-10(20-11)21(18,19)14-5-2-8(1-4-13)3-6-14/h7-8H,1-6,13H2. The molecule has 10 heteroatoms.